The topological polar surface area (TPSA) is 75.6 Å². The van der Waals surface area contributed by atoms with Gasteiger partial charge >= 0.3 is 6.18 Å². The largest absolute Gasteiger partial charge is 0.435 e. The van der Waals surface area contributed by atoms with E-state index in [1.54, 1.807) is 42.5 Å². The van der Waals surface area contributed by atoms with Crippen LogP contribution in [0.1, 0.15) is 23.6 Å². The molecule has 2 aromatic carbocycles. The van der Waals surface area contributed by atoms with E-state index in [4.69, 9.17) is 11.6 Å². The molecule has 0 radical (unpaired) electrons. The summed E-state index contributed by atoms with van der Waals surface area (Å²) >= 11 is 6.14. The zero-order valence-corrected chi connectivity index (χ0v) is 17.1. The van der Waals surface area contributed by atoms with Crippen LogP contribution in [0.2, 0.25) is 5.02 Å². The number of anilines is 1. The zero-order valence-electron chi connectivity index (χ0n) is 16.3. The van der Waals surface area contributed by atoms with Crippen molar-refractivity contribution in [3.8, 4) is 5.69 Å². The number of alkyl halides is 3. The number of imidazole rings is 1. The summed E-state index contributed by atoms with van der Waals surface area (Å²) in [4.78, 5) is 19.8. The lowest BCUT2D eigenvalue weighted by molar-refractivity contribution is -0.141. The fourth-order valence-electron chi connectivity index (χ4n) is 3.25. The number of nitrogens with one attached hydrogen (secondary N) is 2. The molecule has 1 amide bonds. The molecule has 0 bridgehead atoms. The fourth-order valence-corrected chi connectivity index (χ4v) is 3.46. The molecule has 0 atom stereocenters. The van der Waals surface area contributed by atoms with E-state index in [9.17, 15) is 18.0 Å². The number of carbonyl (C=O) groups excluding carboxylic acids is 1. The summed E-state index contributed by atoms with van der Waals surface area (Å²) in [5, 5.41) is 6.69. The standard InChI is InChI=1S/C21H17ClF3N5O/c1-12-26-16-8-6-13(10-17(16)27-12)28-20(31)9-7-14-11-19(21(23,24)25)29-30(14)18-5-3-2-4-15(18)22/h2-6,8,10-11H,7,9H2,1H3,(H,26,27)(H,28,31). The number of aryl methyl sites for hydroxylation is 2. The quantitative estimate of drug-likeness (QED) is 0.436. The summed E-state index contributed by atoms with van der Waals surface area (Å²) in [7, 11) is 0. The van der Waals surface area contributed by atoms with Crippen molar-refractivity contribution in [3.05, 3.63) is 70.8 Å². The second-order valence-electron chi connectivity index (χ2n) is 6.98. The molecule has 0 aliphatic heterocycles. The van der Waals surface area contributed by atoms with Crippen LogP contribution < -0.4 is 5.32 Å². The van der Waals surface area contributed by atoms with Crippen molar-refractivity contribution in [2.75, 3.05) is 5.32 Å². The minimum absolute atomic E-state index is 0.0342. The van der Waals surface area contributed by atoms with Crippen LogP contribution in [-0.4, -0.2) is 25.7 Å². The summed E-state index contributed by atoms with van der Waals surface area (Å²) in [6, 6.07) is 12.6. The number of hydrogen-bond donors (Lipinski definition) is 2. The number of para-hydroxylation sites is 1. The molecule has 0 saturated carbocycles. The molecule has 2 N–H and O–H groups in total. The Balaban J connectivity index is 1.53. The van der Waals surface area contributed by atoms with Crippen molar-refractivity contribution >= 4 is 34.2 Å². The van der Waals surface area contributed by atoms with Crippen molar-refractivity contribution in [1.82, 2.24) is 19.7 Å². The first-order valence-electron chi connectivity index (χ1n) is 9.38. The van der Waals surface area contributed by atoms with E-state index in [2.05, 4.69) is 20.4 Å². The number of aromatic nitrogens is 4. The second kappa shape index (κ2) is 8.07. The lowest BCUT2D eigenvalue weighted by atomic mass is 10.2. The van der Waals surface area contributed by atoms with Crippen LogP contribution in [0.3, 0.4) is 0 Å². The molecule has 4 aromatic rings. The molecular formula is C21H17ClF3N5O. The number of benzene rings is 2. The van der Waals surface area contributed by atoms with Crippen LogP contribution in [0.25, 0.3) is 16.7 Å². The van der Waals surface area contributed by atoms with Crippen molar-refractivity contribution in [3.63, 3.8) is 0 Å². The van der Waals surface area contributed by atoms with Gasteiger partial charge in [-0.05, 0) is 49.7 Å². The van der Waals surface area contributed by atoms with E-state index in [0.29, 0.717) is 11.4 Å². The van der Waals surface area contributed by atoms with Crippen LogP contribution in [0.15, 0.2) is 48.5 Å². The number of halogens is 4. The minimum atomic E-state index is -4.61. The van der Waals surface area contributed by atoms with Gasteiger partial charge in [-0.25, -0.2) is 9.67 Å². The van der Waals surface area contributed by atoms with Gasteiger partial charge in [-0.15, -0.1) is 0 Å². The van der Waals surface area contributed by atoms with E-state index in [1.165, 1.54) is 0 Å². The summed E-state index contributed by atoms with van der Waals surface area (Å²) in [5.41, 5.74) is 1.63. The highest BCUT2D eigenvalue weighted by Crippen LogP contribution is 2.31. The van der Waals surface area contributed by atoms with E-state index < -0.39 is 11.9 Å². The van der Waals surface area contributed by atoms with Crippen molar-refractivity contribution < 1.29 is 18.0 Å². The lowest BCUT2D eigenvalue weighted by Crippen LogP contribution is -2.13. The highest BCUT2D eigenvalue weighted by Gasteiger charge is 2.35. The second-order valence-corrected chi connectivity index (χ2v) is 7.39. The summed E-state index contributed by atoms with van der Waals surface area (Å²) < 4.78 is 40.8. The third-order valence-electron chi connectivity index (χ3n) is 4.65. The highest BCUT2D eigenvalue weighted by molar-refractivity contribution is 6.32. The molecule has 0 saturated heterocycles. The van der Waals surface area contributed by atoms with Gasteiger partial charge in [0.05, 0.1) is 21.7 Å². The van der Waals surface area contributed by atoms with Crippen LogP contribution >= 0.6 is 11.6 Å². The van der Waals surface area contributed by atoms with Gasteiger partial charge in [0.2, 0.25) is 5.91 Å². The number of amides is 1. The highest BCUT2D eigenvalue weighted by atomic mass is 35.5. The minimum Gasteiger partial charge on any atom is -0.342 e. The molecule has 2 aromatic heterocycles. The maximum Gasteiger partial charge on any atom is 0.435 e. The van der Waals surface area contributed by atoms with Crippen molar-refractivity contribution in [2.45, 2.75) is 25.9 Å². The number of H-pyrrole nitrogens is 1. The third-order valence-corrected chi connectivity index (χ3v) is 4.97. The Morgan fingerprint density at radius 2 is 1.97 bits per heavy atom. The van der Waals surface area contributed by atoms with Gasteiger partial charge in [0.1, 0.15) is 5.82 Å². The molecule has 0 unspecified atom stereocenters. The normalized spacial score (nSPS) is 11.8. The molecule has 4 rings (SSSR count). The first-order chi connectivity index (χ1) is 14.7. The number of aromatic amines is 1. The van der Waals surface area contributed by atoms with Gasteiger partial charge < -0.3 is 10.3 Å². The molecular weight excluding hydrogens is 431 g/mol. The fraction of sp³-hybridized carbons (Fsp3) is 0.190. The monoisotopic (exact) mass is 447 g/mol. The average molecular weight is 448 g/mol. The van der Waals surface area contributed by atoms with Crippen LogP contribution in [0.4, 0.5) is 18.9 Å². The first-order valence-corrected chi connectivity index (χ1v) is 9.76. The zero-order chi connectivity index (χ0) is 22.2. The Morgan fingerprint density at radius 3 is 2.71 bits per heavy atom. The Kier molecular flexibility index (Phi) is 5.45. The molecule has 160 valence electrons. The molecule has 0 spiro atoms. The Bertz CT molecular complexity index is 1260. The van der Waals surface area contributed by atoms with Gasteiger partial charge in [-0.3, -0.25) is 4.79 Å². The number of carbonyl (C=O) groups is 1. The molecule has 6 nitrogen and oxygen atoms in total. The van der Waals surface area contributed by atoms with Crippen LogP contribution in [0.5, 0.6) is 0 Å². The number of fused-ring (bicyclic) bond motifs is 1. The summed E-state index contributed by atoms with van der Waals surface area (Å²) in [6.45, 7) is 1.83. The lowest BCUT2D eigenvalue weighted by Gasteiger charge is -2.09. The Morgan fingerprint density at radius 1 is 1.19 bits per heavy atom. The maximum absolute atomic E-state index is 13.2. The van der Waals surface area contributed by atoms with Crippen molar-refractivity contribution in [1.29, 1.82) is 0 Å². The van der Waals surface area contributed by atoms with Crippen molar-refractivity contribution in [2.24, 2.45) is 0 Å². The summed E-state index contributed by atoms with van der Waals surface area (Å²) in [6.07, 6.45) is -4.60. The van der Waals surface area contributed by atoms with Gasteiger partial charge in [-0.1, -0.05) is 23.7 Å². The van der Waals surface area contributed by atoms with E-state index in [1.807, 2.05) is 6.92 Å². The van der Waals surface area contributed by atoms with Crippen LogP contribution in [-0.2, 0) is 17.4 Å². The molecule has 0 aliphatic rings. The van der Waals surface area contributed by atoms with Gasteiger partial charge in [0, 0.05) is 17.8 Å². The third kappa shape index (κ3) is 4.56. The first kappa shape index (κ1) is 20.9. The Hall–Kier alpha value is -3.33. The summed E-state index contributed by atoms with van der Waals surface area (Å²) in [5.74, 6) is 0.419. The Labute approximate surface area is 180 Å². The number of rotatable bonds is 5. The average Bonchev–Trinajstić information content (AvgIpc) is 3.29. The molecule has 31 heavy (non-hydrogen) atoms. The smallest absolute Gasteiger partial charge is 0.342 e. The van der Waals surface area contributed by atoms with Gasteiger partial charge in [0.25, 0.3) is 0 Å². The van der Waals surface area contributed by atoms with E-state index in [0.717, 1.165) is 27.6 Å². The molecule has 0 aliphatic carbocycles. The molecule has 2 heterocycles. The molecule has 0 fully saturated rings. The number of hydrogen-bond acceptors (Lipinski definition) is 3. The maximum atomic E-state index is 13.2. The van der Waals surface area contributed by atoms with Gasteiger partial charge in [0.15, 0.2) is 5.69 Å². The van der Waals surface area contributed by atoms with Crippen LogP contribution in [0, 0.1) is 6.92 Å². The predicted octanol–water partition coefficient (Wildman–Crippen LogP) is 5.30. The molecule has 10 heteroatoms. The van der Waals surface area contributed by atoms with E-state index >= 15 is 0 Å². The number of nitrogens with zero attached hydrogens (tertiary/aromatic N) is 3. The van der Waals surface area contributed by atoms with E-state index in [-0.39, 0.29) is 29.5 Å². The SMILES string of the molecule is Cc1nc2ccc(NC(=O)CCc3cc(C(F)(F)F)nn3-c3ccccc3Cl)cc2[nH]1. The van der Waals surface area contributed by atoms with Gasteiger partial charge in [-0.2, -0.15) is 18.3 Å². The predicted molar refractivity (Wildman–Crippen MR) is 111 cm³/mol.